The molecule has 0 aliphatic carbocycles. The van der Waals surface area contributed by atoms with Gasteiger partial charge in [-0.15, -0.1) is 12.6 Å². The number of ether oxygens (including phenoxy) is 1. The minimum absolute atomic E-state index is 0.321. The Morgan fingerprint density at radius 2 is 2.19 bits per heavy atom. The Hall–Kier alpha value is -0.580. The van der Waals surface area contributed by atoms with Gasteiger partial charge in [-0.05, 0) is 12.0 Å². The van der Waals surface area contributed by atoms with Gasteiger partial charge in [-0.1, -0.05) is 42.5 Å². The molecule has 1 aromatic carbocycles. The summed E-state index contributed by atoms with van der Waals surface area (Å²) in [6.07, 6.45) is 0.960. The number of hydrogen-bond acceptors (Lipinski definition) is 2. The number of rotatable bonds is 2. The van der Waals surface area contributed by atoms with Crippen molar-refractivity contribution < 1.29 is 4.74 Å². The van der Waals surface area contributed by atoms with Crippen molar-refractivity contribution in [2.75, 3.05) is 19.8 Å². The Bertz CT molecular complexity index is 355. The summed E-state index contributed by atoms with van der Waals surface area (Å²) < 4.78 is 6.17. The molecule has 4 heteroatoms. The summed E-state index contributed by atoms with van der Waals surface area (Å²) in [5.74, 6) is 0. The maximum Gasteiger partial charge on any atom is 0.133 e. The van der Waals surface area contributed by atoms with E-state index in [0.717, 1.165) is 26.2 Å². The van der Waals surface area contributed by atoms with Crippen molar-refractivity contribution in [3.8, 4) is 0 Å². The van der Waals surface area contributed by atoms with Crippen LogP contribution in [0, 0.1) is 0 Å². The average Bonchev–Trinajstić information content (AvgIpc) is 2.31. The van der Waals surface area contributed by atoms with Crippen LogP contribution in [0.2, 0.25) is 0 Å². The molecule has 0 spiro atoms. The lowest BCUT2D eigenvalue weighted by atomic mass is 10.1. The maximum atomic E-state index is 5.50. The van der Waals surface area contributed by atoms with Crippen LogP contribution in [0.1, 0.15) is 5.56 Å². The van der Waals surface area contributed by atoms with E-state index in [9.17, 15) is 0 Å². The van der Waals surface area contributed by atoms with E-state index in [2.05, 4.69) is 41.8 Å². The number of thiol groups is 1. The summed E-state index contributed by atoms with van der Waals surface area (Å²) in [5, 5.41) is 0. The van der Waals surface area contributed by atoms with E-state index in [1.54, 1.807) is 0 Å². The number of benzene rings is 1. The third-order valence-electron chi connectivity index (χ3n) is 2.79. The standard InChI is InChI=1S/C12H15NOS2/c15-12(16)13-6-7-14-9-11(13)8-10-4-2-1-3-5-10/h1-5,11H,6-9H2,(H,15,16). The highest BCUT2D eigenvalue weighted by molar-refractivity contribution is 8.10. The van der Waals surface area contributed by atoms with Crippen molar-refractivity contribution in [1.29, 1.82) is 0 Å². The van der Waals surface area contributed by atoms with Gasteiger partial charge < -0.3 is 9.64 Å². The zero-order valence-electron chi connectivity index (χ0n) is 9.00. The van der Waals surface area contributed by atoms with E-state index in [-0.39, 0.29) is 0 Å². The zero-order valence-corrected chi connectivity index (χ0v) is 10.7. The van der Waals surface area contributed by atoms with Crippen LogP contribution in [0.25, 0.3) is 0 Å². The summed E-state index contributed by atoms with van der Waals surface area (Å²) in [6, 6.07) is 10.7. The third kappa shape index (κ3) is 2.97. The molecule has 1 aliphatic rings. The first-order chi connectivity index (χ1) is 7.77. The van der Waals surface area contributed by atoms with Crippen LogP contribution in [0.3, 0.4) is 0 Å². The van der Waals surface area contributed by atoms with E-state index in [0.29, 0.717) is 10.4 Å². The summed E-state index contributed by atoms with van der Waals surface area (Å²) in [5.41, 5.74) is 1.31. The predicted molar refractivity (Wildman–Crippen MR) is 73.0 cm³/mol. The van der Waals surface area contributed by atoms with E-state index >= 15 is 0 Å². The Kier molecular flexibility index (Phi) is 4.21. The Labute approximate surface area is 107 Å². The molecule has 2 rings (SSSR count). The SMILES string of the molecule is S=C(S)N1CCOCC1Cc1ccccc1. The molecule has 2 nitrogen and oxygen atoms in total. The van der Waals surface area contributed by atoms with Crippen LogP contribution in [-0.2, 0) is 11.2 Å². The molecular formula is C12H15NOS2. The lowest BCUT2D eigenvalue weighted by molar-refractivity contribution is 0.0292. The second-order valence-electron chi connectivity index (χ2n) is 3.89. The largest absolute Gasteiger partial charge is 0.377 e. The van der Waals surface area contributed by atoms with Gasteiger partial charge in [-0.25, -0.2) is 0 Å². The van der Waals surface area contributed by atoms with Gasteiger partial charge in [0.25, 0.3) is 0 Å². The molecule has 1 fully saturated rings. The Balaban J connectivity index is 2.04. The van der Waals surface area contributed by atoms with Crippen LogP contribution in [0.5, 0.6) is 0 Å². The van der Waals surface area contributed by atoms with Crippen LogP contribution >= 0.6 is 24.8 Å². The van der Waals surface area contributed by atoms with Crippen LogP contribution in [-0.4, -0.2) is 35.0 Å². The molecule has 16 heavy (non-hydrogen) atoms. The van der Waals surface area contributed by atoms with E-state index in [1.165, 1.54) is 5.56 Å². The number of nitrogens with zero attached hydrogens (tertiary/aromatic N) is 1. The number of thiocarbonyl (C=S) groups is 1. The van der Waals surface area contributed by atoms with Gasteiger partial charge in [-0.3, -0.25) is 0 Å². The van der Waals surface area contributed by atoms with Crippen LogP contribution in [0.15, 0.2) is 30.3 Å². The quantitative estimate of drug-likeness (QED) is 0.641. The molecule has 1 atom stereocenters. The van der Waals surface area contributed by atoms with Gasteiger partial charge in [0, 0.05) is 6.54 Å². The molecule has 0 amide bonds. The van der Waals surface area contributed by atoms with Gasteiger partial charge in [0.2, 0.25) is 0 Å². The fraction of sp³-hybridized carbons (Fsp3) is 0.417. The summed E-state index contributed by atoms with van der Waals surface area (Å²) in [4.78, 5) is 2.15. The van der Waals surface area contributed by atoms with Crippen LogP contribution in [0.4, 0.5) is 0 Å². The lowest BCUT2D eigenvalue weighted by Gasteiger charge is -2.36. The highest BCUT2D eigenvalue weighted by Gasteiger charge is 2.23. The van der Waals surface area contributed by atoms with E-state index in [1.807, 2.05) is 6.07 Å². The van der Waals surface area contributed by atoms with Crippen molar-refractivity contribution in [2.45, 2.75) is 12.5 Å². The first kappa shape index (κ1) is 11.9. The molecule has 1 aliphatic heterocycles. The van der Waals surface area contributed by atoms with Crippen molar-refractivity contribution in [2.24, 2.45) is 0 Å². The molecule has 1 aromatic rings. The molecule has 1 saturated heterocycles. The van der Waals surface area contributed by atoms with Gasteiger partial charge in [0.1, 0.15) is 4.32 Å². The van der Waals surface area contributed by atoms with Crippen molar-refractivity contribution >= 4 is 29.2 Å². The monoisotopic (exact) mass is 253 g/mol. The first-order valence-electron chi connectivity index (χ1n) is 5.38. The van der Waals surface area contributed by atoms with E-state index < -0.39 is 0 Å². The molecule has 0 bridgehead atoms. The zero-order chi connectivity index (χ0) is 11.4. The highest BCUT2D eigenvalue weighted by atomic mass is 32.1. The fourth-order valence-electron chi connectivity index (χ4n) is 1.96. The van der Waals surface area contributed by atoms with Crippen molar-refractivity contribution in [1.82, 2.24) is 4.90 Å². The smallest absolute Gasteiger partial charge is 0.133 e. The highest BCUT2D eigenvalue weighted by Crippen LogP contribution is 2.15. The second kappa shape index (κ2) is 5.66. The van der Waals surface area contributed by atoms with E-state index in [4.69, 9.17) is 17.0 Å². The van der Waals surface area contributed by atoms with Crippen molar-refractivity contribution in [3.63, 3.8) is 0 Å². The summed E-state index contributed by atoms with van der Waals surface area (Å²) in [6.45, 7) is 2.32. The minimum atomic E-state index is 0.321. The molecule has 0 saturated carbocycles. The van der Waals surface area contributed by atoms with Gasteiger partial charge in [0.05, 0.1) is 19.3 Å². The molecule has 86 valence electrons. The lowest BCUT2D eigenvalue weighted by Crippen LogP contribution is -2.47. The molecular weight excluding hydrogens is 238 g/mol. The normalized spacial score (nSPS) is 20.8. The topological polar surface area (TPSA) is 12.5 Å². The molecule has 0 N–H and O–H groups in total. The number of hydrogen-bond donors (Lipinski definition) is 1. The fourth-order valence-corrected chi connectivity index (χ4v) is 2.47. The molecule has 0 aromatic heterocycles. The minimum Gasteiger partial charge on any atom is -0.377 e. The Morgan fingerprint density at radius 3 is 2.88 bits per heavy atom. The third-order valence-corrected chi connectivity index (χ3v) is 3.28. The summed E-state index contributed by atoms with van der Waals surface area (Å²) >= 11 is 9.41. The van der Waals surface area contributed by atoms with Crippen molar-refractivity contribution in [3.05, 3.63) is 35.9 Å². The van der Waals surface area contributed by atoms with Gasteiger partial charge in [0.15, 0.2) is 0 Å². The molecule has 1 unspecified atom stereocenters. The summed E-state index contributed by atoms with van der Waals surface area (Å²) in [7, 11) is 0. The van der Waals surface area contributed by atoms with Gasteiger partial charge >= 0.3 is 0 Å². The average molecular weight is 253 g/mol. The Morgan fingerprint density at radius 1 is 1.44 bits per heavy atom. The molecule has 1 heterocycles. The second-order valence-corrected chi connectivity index (χ2v) is 5.01. The van der Waals surface area contributed by atoms with Crippen LogP contribution < -0.4 is 0 Å². The maximum absolute atomic E-state index is 5.50. The van der Waals surface area contributed by atoms with Gasteiger partial charge in [-0.2, -0.15) is 0 Å². The predicted octanol–water partition coefficient (Wildman–Crippen LogP) is 2.14. The molecule has 0 radical (unpaired) electrons. The number of morpholine rings is 1. The first-order valence-corrected chi connectivity index (χ1v) is 6.24.